The third-order valence-corrected chi connectivity index (χ3v) is 6.49. The number of nitrogen functional groups attached to an aromatic ring is 1. The van der Waals surface area contributed by atoms with Crippen molar-refractivity contribution in [1.29, 1.82) is 0 Å². The molecule has 100 valence electrons. The number of benzene rings is 1. The van der Waals surface area contributed by atoms with Gasteiger partial charge in [-0.15, -0.1) is 0 Å². The van der Waals surface area contributed by atoms with Crippen molar-refractivity contribution in [3.05, 3.63) is 21.1 Å². The van der Waals surface area contributed by atoms with Gasteiger partial charge in [-0.25, -0.2) is 8.42 Å². The lowest BCUT2D eigenvalue weighted by Gasteiger charge is -2.18. The molecule has 1 unspecified atom stereocenters. The van der Waals surface area contributed by atoms with Gasteiger partial charge in [0.2, 0.25) is 10.0 Å². The lowest BCUT2D eigenvalue weighted by Crippen LogP contribution is -2.30. The van der Waals surface area contributed by atoms with Gasteiger partial charge in [-0.3, -0.25) is 0 Å². The second-order valence-electron chi connectivity index (χ2n) is 4.12. The molecule has 0 bridgehead atoms. The lowest BCUT2D eigenvalue weighted by molar-refractivity contribution is 0.189. The molecule has 0 aliphatic carbocycles. The van der Waals surface area contributed by atoms with Crippen molar-refractivity contribution >= 4 is 47.6 Å². The molecule has 1 aliphatic heterocycles. The van der Waals surface area contributed by atoms with Crippen molar-refractivity contribution in [2.45, 2.75) is 17.4 Å². The van der Waals surface area contributed by atoms with Crippen LogP contribution in [-0.4, -0.2) is 37.0 Å². The zero-order valence-corrected chi connectivity index (χ0v) is 13.3. The first kappa shape index (κ1) is 14.3. The maximum Gasteiger partial charge on any atom is 0.245 e. The number of aliphatic hydroxyl groups excluding tert-OH is 1. The van der Waals surface area contributed by atoms with Crippen LogP contribution in [0.1, 0.15) is 6.42 Å². The maximum absolute atomic E-state index is 12.4. The number of hydrogen-bond acceptors (Lipinski definition) is 4. The van der Waals surface area contributed by atoms with E-state index in [1.807, 2.05) is 0 Å². The van der Waals surface area contributed by atoms with Gasteiger partial charge in [-0.05, 0) is 50.4 Å². The number of sulfonamides is 1. The van der Waals surface area contributed by atoms with E-state index in [1.165, 1.54) is 4.31 Å². The molecule has 5 nitrogen and oxygen atoms in total. The topological polar surface area (TPSA) is 83.6 Å². The maximum atomic E-state index is 12.4. The Kier molecular flexibility index (Phi) is 4.03. The molecule has 0 amide bonds. The molecular formula is C10H12Br2N2O3S. The summed E-state index contributed by atoms with van der Waals surface area (Å²) in [5.41, 5.74) is 6.11. The average molecular weight is 400 g/mol. The highest BCUT2D eigenvalue weighted by Gasteiger charge is 2.34. The van der Waals surface area contributed by atoms with Crippen LogP contribution in [0, 0.1) is 0 Å². The smallest absolute Gasteiger partial charge is 0.245 e. The first-order chi connectivity index (χ1) is 8.32. The van der Waals surface area contributed by atoms with Crippen LogP contribution in [0.2, 0.25) is 0 Å². The van der Waals surface area contributed by atoms with E-state index >= 15 is 0 Å². The summed E-state index contributed by atoms with van der Waals surface area (Å²) in [5, 5.41) is 9.44. The van der Waals surface area contributed by atoms with E-state index in [0.29, 0.717) is 27.6 Å². The van der Waals surface area contributed by atoms with Crippen molar-refractivity contribution in [3.63, 3.8) is 0 Å². The highest BCUT2D eigenvalue weighted by molar-refractivity contribution is 9.11. The predicted octanol–water partition coefficient (Wildman–Crippen LogP) is 1.55. The molecular weight excluding hydrogens is 388 g/mol. The summed E-state index contributed by atoms with van der Waals surface area (Å²) >= 11 is 6.44. The third-order valence-electron chi connectivity index (χ3n) is 2.74. The van der Waals surface area contributed by atoms with Crippen LogP contribution in [0.3, 0.4) is 0 Å². The Labute approximate surface area is 122 Å². The van der Waals surface area contributed by atoms with Gasteiger partial charge in [0, 0.05) is 27.7 Å². The number of halogens is 2. The van der Waals surface area contributed by atoms with Gasteiger partial charge in [0.1, 0.15) is 4.90 Å². The molecule has 0 saturated carbocycles. The van der Waals surface area contributed by atoms with Crippen molar-refractivity contribution in [3.8, 4) is 0 Å². The number of anilines is 1. The van der Waals surface area contributed by atoms with Gasteiger partial charge in [0.25, 0.3) is 0 Å². The second kappa shape index (κ2) is 5.09. The standard InChI is InChI=1S/C10H12Br2N2O3S/c11-8-3-6(13)4-9(12)10(8)18(16,17)14-2-1-7(15)5-14/h3-4,7,15H,1-2,5,13H2. The van der Waals surface area contributed by atoms with Crippen molar-refractivity contribution in [2.75, 3.05) is 18.8 Å². The summed E-state index contributed by atoms with van der Waals surface area (Å²) in [5.74, 6) is 0. The van der Waals surface area contributed by atoms with Crippen LogP contribution in [-0.2, 0) is 10.0 Å². The van der Waals surface area contributed by atoms with E-state index < -0.39 is 16.1 Å². The van der Waals surface area contributed by atoms with Crippen molar-refractivity contribution in [1.82, 2.24) is 4.31 Å². The van der Waals surface area contributed by atoms with Gasteiger partial charge in [0.05, 0.1) is 6.10 Å². The van der Waals surface area contributed by atoms with Crippen LogP contribution in [0.4, 0.5) is 5.69 Å². The summed E-state index contributed by atoms with van der Waals surface area (Å²) in [4.78, 5) is 0.144. The minimum absolute atomic E-state index is 0.131. The normalized spacial score (nSPS) is 21.4. The molecule has 1 aliphatic rings. The SMILES string of the molecule is Nc1cc(Br)c(S(=O)(=O)N2CCC(O)C2)c(Br)c1. The molecule has 1 fully saturated rings. The van der Waals surface area contributed by atoms with Crippen LogP contribution in [0.25, 0.3) is 0 Å². The van der Waals surface area contributed by atoms with E-state index in [2.05, 4.69) is 31.9 Å². The molecule has 1 atom stereocenters. The number of nitrogens with two attached hydrogens (primary N) is 1. The van der Waals surface area contributed by atoms with Crippen LogP contribution < -0.4 is 5.73 Å². The summed E-state index contributed by atoms with van der Waals surface area (Å²) in [6, 6.07) is 3.09. The molecule has 1 heterocycles. The highest BCUT2D eigenvalue weighted by atomic mass is 79.9. The minimum atomic E-state index is -3.63. The molecule has 3 N–H and O–H groups in total. The van der Waals surface area contributed by atoms with E-state index in [1.54, 1.807) is 12.1 Å². The molecule has 18 heavy (non-hydrogen) atoms. The van der Waals surface area contributed by atoms with Gasteiger partial charge < -0.3 is 10.8 Å². The third kappa shape index (κ3) is 2.57. The number of aliphatic hydroxyl groups is 1. The highest BCUT2D eigenvalue weighted by Crippen LogP contribution is 2.35. The fourth-order valence-corrected chi connectivity index (χ4v) is 5.92. The van der Waals surface area contributed by atoms with Gasteiger partial charge in [-0.2, -0.15) is 4.31 Å². The van der Waals surface area contributed by atoms with E-state index in [4.69, 9.17) is 5.73 Å². The molecule has 0 radical (unpaired) electrons. The Bertz CT molecular complexity index is 553. The van der Waals surface area contributed by atoms with E-state index in [9.17, 15) is 13.5 Å². The monoisotopic (exact) mass is 398 g/mol. The quantitative estimate of drug-likeness (QED) is 0.739. The van der Waals surface area contributed by atoms with E-state index in [-0.39, 0.29) is 11.4 Å². The van der Waals surface area contributed by atoms with Crippen molar-refractivity contribution < 1.29 is 13.5 Å². The van der Waals surface area contributed by atoms with Crippen LogP contribution in [0.15, 0.2) is 26.0 Å². The molecule has 0 spiro atoms. The van der Waals surface area contributed by atoms with Gasteiger partial charge in [0.15, 0.2) is 0 Å². The fraction of sp³-hybridized carbons (Fsp3) is 0.400. The summed E-state index contributed by atoms with van der Waals surface area (Å²) in [6.45, 7) is 0.457. The van der Waals surface area contributed by atoms with Gasteiger partial charge >= 0.3 is 0 Å². The number of β-amino-alcohol motifs (C(OH)–C–C–N with tert-alkyl or cyclic N) is 1. The summed E-state index contributed by atoms with van der Waals surface area (Å²) in [7, 11) is -3.63. The molecule has 1 aromatic rings. The molecule has 1 saturated heterocycles. The van der Waals surface area contributed by atoms with E-state index in [0.717, 1.165) is 0 Å². The Hall–Kier alpha value is -0.150. The van der Waals surface area contributed by atoms with Gasteiger partial charge in [-0.1, -0.05) is 0 Å². The molecule has 0 aromatic heterocycles. The Balaban J connectivity index is 2.48. The van der Waals surface area contributed by atoms with Crippen molar-refractivity contribution in [2.24, 2.45) is 0 Å². The minimum Gasteiger partial charge on any atom is -0.399 e. The predicted molar refractivity (Wildman–Crippen MR) is 75.6 cm³/mol. The number of rotatable bonds is 2. The Morgan fingerprint density at radius 1 is 1.33 bits per heavy atom. The fourth-order valence-electron chi connectivity index (χ4n) is 1.88. The molecule has 2 rings (SSSR count). The number of hydrogen-bond donors (Lipinski definition) is 2. The zero-order chi connectivity index (χ0) is 13.5. The molecule has 1 aromatic carbocycles. The first-order valence-electron chi connectivity index (χ1n) is 5.25. The first-order valence-corrected chi connectivity index (χ1v) is 8.27. The van der Waals surface area contributed by atoms with Crippen LogP contribution >= 0.6 is 31.9 Å². The average Bonchev–Trinajstić information content (AvgIpc) is 2.63. The zero-order valence-electron chi connectivity index (χ0n) is 9.31. The van der Waals surface area contributed by atoms with Crippen LogP contribution in [0.5, 0.6) is 0 Å². The lowest BCUT2D eigenvalue weighted by atomic mass is 10.3. The molecule has 8 heteroatoms. The Morgan fingerprint density at radius 3 is 2.33 bits per heavy atom. The largest absolute Gasteiger partial charge is 0.399 e. The Morgan fingerprint density at radius 2 is 1.89 bits per heavy atom. The number of nitrogens with zero attached hydrogens (tertiary/aromatic N) is 1. The summed E-state index contributed by atoms with van der Waals surface area (Å²) in [6.07, 6.45) is -0.130. The second-order valence-corrected chi connectivity index (χ2v) is 7.70. The summed E-state index contributed by atoms with van der Waals surface area (Å²) < 4.78 is 27.0.